The van der Waals surface area contributed by atoms with E-state index < -0.39 is 0 Å². The van der Waals surface area contributed by atoms with E-state index in [9.17, 15) is 4.79 Å². The van der Waals surface area contributed by atoms with Crippen molar-refractivity contribution in [1.82, 2.24) is 10.6 Å². The van der Waals surface area contributed by atoms with Gasteiger partial charge in [0.1, 0.15) is 0 Å². The van der Waals surface area contributed by atoms with Crippen LogP contribution in [0.25, 0.3) is 0 Å². The molecule has 2 fully saturated rings. The van der Waals surface area contributed by atoms with Crippen molar-refractivity contribution in [3.05, 3.63) is 0 Å². The third-order valence-electron chi connectivity index (χ3n) is 3.67. The van der Waals surface area contributed by atoms with Crippen LogP contribution in [0.3, 0.4) is 0 Å². The van der Waals surface area contributed by atoms with Crippen molar-refractivity contribution < 1.29 is 9.53 Å². The Kier molecular flexibility index (Phi) is 4.18. The first-order chi connectivity index (χ1) is 7.78. The minimum absolute atomic E-state index is 0.216. The molecule has 1 saturated carbocycles. The predicted octanol–water partition coefficient (Wildman–Crippen LogP) is 0.670. The number of hydrogen-bond donors (Lipinski definition) is 2. The Morgan fingerprint density at radius 2 is 2.31 bits per heavy atom. The Morgan fingerprint density at radius 1 is 1.50 bits per heavy atom. The molecule has 16 heavy (non-hydrogen) atoms. The third kappa shape index (κ3) is 3.19. The minimum Gasteiger partial charge on any atom is -0.381 e. The first-order valence-corrected chi connectivity index (χ1v) is 6.31. The van der Waals surface area contributed by atoms with Crippen molar-refractivity contribution in [1.29, 1.82) is 0 Å². The van der Waals surface area contributed by atoms with E-state index in [1.807, 2.05) is 0 Å². The van der Waals surface area contributed by atoms with Gasteiger partial charge in [0.05, 0.1) is 6.10 Å². The van der Waals surface area contributed by atoms with Crippen LogP contribution in [0.4, 0.5) is 0 Å². The molecule has 92 valence electrons. The Hall–Kier alpha value is -0.610. The van der Waals surface area contributed by atoms with Crippen molar-refractivity contribution >= 4 is 5.91 Å². The smallest absolute Gasteiger partial charge is 0.220 e. The average molecular weight is 226 g/mol. The zero-order valence-electron chi connectivity index (χ0n) is 10.00. The molecule has 2 aliphatic rings. The third-order valence-corrected chi connectivity index (χ3v) is 3.67. The molecule has 1 heterocycles. The largest absolute Gasteiger partial charge is 0.381 e. The van der Waals surface area contributed by atoms with E-state index in [0.29, 0.717) is 24.5 Å². The molecule has 0 radical (unpaired) electrons. The minimum atomic E-state index is 0.216. The second-order valence-corrected chi connectivity index (χ2v) is 5.01. The first-order valence-electron chi connectivity index (χ1n) is 6.31. The van der Waals surface area contributed by atoms with Gasteiger partial charge in [-0.25, -0.2) is 0 Å². The molecule has 4 heteroatoms. The van der Waals surface area contributed by atoms with Gasteiger partial charge in [-0.3, -0.25) is 4.79 Å². The molecular formula is C12H22N2O2. The number of nitrogens with one attached hydrogen (secondary N) is 2. The van der Waals surface area contributed by atoms with Gasteiger partial charge < -0.3 is 15.4 Å². The summed E-state index contributed by atoms with van der Waals surface area (Å²) in [4.78, 5) is 11.7. The van der Waals surface area contributed by atoms with Gasteiger partial charge in [-0.1, -0.05) is 0 Å². The highest BCUT2D eigenvalue weighted by Crippen LogP contribution is 2.23. The lowest BCUT2D eigenvalue weighted by molar-refractivity contribution is -0.124. The molecule has 0 spiro atoms. The molecule has 1 atom stereocenters. The molecule has 1 amide bonds. The lowest BCUT2D eigenvalue weighted by Gasteiger charge is -2.35. The Balaban J connectivity index is 1.61. The van der Waals surface area contributed by atoms with Gasteiger partial charge in [0.2, 0.25) is 5.91 Å². The van der Waals surface area contributed by atoms with Crippen LogP contribution >= 0.6 is 0 Å². The second kappa shape index (κ2) is 5.64. The van der Waals surface area contributed by atoms with Crippen molar-refractivity contribution in [2.24, 2.45) is 5.92 Å². The lowest BCUT2D eigenvalue weighted by Crippen LogP contribution is -2.48. The quantitative estimate of drug-likeness (QED) is 0.741. The number of rotatable bonds is 4. The fraction of sp³-hybridized carbons (Fsp3) is 0.917. The standard InChI is InChI=1S/C12H22N2O2/c1-16-11-6-10(7-11)14-12(15)5-9-3-2-4-13-8-9/h9-11,13H,2-8H2,1H3,(H,14,15). The summed E-state index contributed by atoms with van der Waals surface area (Å²) < 4.78 is 5.19. The molecule has 1 aliphatic carbocycles. The van der Waals surface area contributed by atoms with Gasteiger partial charge in [0.15, 0.2) is 0 Å². The van der Waals surface area contributed by atoms with E-state index in [1.54, 1.807) is 7.11 Å². The van der Waals surface area contributed by atoms with Crippen molar-refractivity contribution in [2.45, 2.75) is 44.2 Å². The zero-order valence-corrected chi connectivity index (χ0v) is 10.00. The second-order valence-electron chi connectivity index (χ2n) is 5.01. The summed E-state index contributed by atoms with van der Waals surface area (Å²) in [7, 11) is 1.73. The number of methoxy groups -OCH3 is 1. The maximum atomic E-state index is 11.7. The van der Waals surface area contributed by atoms with E-state index in [4.69, 9.17) is 4.74 Å². The normalized spacial score (nSPS) is 34.2. The monoisotopic (exact) mass is 226 g/mol. The summed E-state index contributed by atoms with van der Waals surface area (Å²) in [5.74, 6) is 0.750. The van der Waals surface area contributed by atoms with Gasteiger partial charge in [-0.15, -0.1) is 0 Å². The van der Waals surface area contributed by atoms with E-state index in [2.05, 4.69) is 10.6 Å². The van der Waals surface area contributed by atoms with Crippen LogP contribution in [-0.4, -0.2) is 38.3 Å². The number of ether oxygens (including phenoxy) is 1. The maximum Gasteiger partial charge on any atom is 0.220 e. The molecule has 0 bridgehead atoms. The molecule has 4 nitrogen and oxygen atoms in total. The van der Waals surface area contributed by atoms with E-state index in [1.165, 1.54) is 12.8 Å². The van der Waals surface area contributed by atoms with Crippen molar-refractivity contribution in [3.63, 3.8) is 0 Å². The number of amides is 1. The molecule has 1 saturated heterocycles. The molecule has 2 rings (SSSR count). The zero-order chi connectivity index (χ0) is 11.4. The topological polar surface area (TPSA) is 50.4 Å². The summed E-state index contributed by atoms with van der Waals surface area (Å²) in [6.45, 7) is 2.11. The number of carbonyl (C=O) groups is 1. The summed E-state index contributed by atoms with van der Waals surface area (Å²) >= 11 is 0. The lowest BCUT2D eigenvalue weighted by atomic mass is 9.88. The Labute approximate surface area is 97.1 Å². The number of piperidine rings is 1. The molecule has 0 aromatic heterocycles. The average Bonchev–Trinajstić information content (AvgIpc) is 2.24. The van der Waals surface area contributed by atoms with Crippen LogP contribution in [0.1, 0.15) is 32.1 Å². The molecule has 0 aromatic rings. The van der Waals surface area contributed by atoms with Gasteiger partial charge in [-0.05, 0) is 44.7 Å². The fourth-order valence-electron chi connectivity index (χ4n) is 2.52. The van der Waals surface area contributed by atoms with Crippen LogP contribution in [0.15, 0.2) is 0 Å². The summed E-state index contributed by atoms with van der Waals surface area (Å²) in [5.41, 5.74) is 0. The van der Waals surface area contributed by atoms with Crippen molar-refractivity contribution in [3.8, 4) is 0 Å². The number of carbonyl (C=O) groups excluding carboxylic acids is 1. The summed E-state index contributed by atoms with van der Waals surface area (Å²) in [6, 6.07) is 0.356. The summed E-state index contributed by atoms with van der Waals surface area (Å²) in [6.07, 6.45) is 5.39. The predicted molar refractivity (Wildman–Crippen MR) is 62.2 cm³/mol. The van der Waals surface area contributed by atoms with E-state index >= 15 is 0 Å². The van der Waals surface area contributed by atoms with E-state index in [0.717, 1.165) is 25.9 Å². The van der Waals surface area contributed by atoms with Crippen LogP contribution < -0.4 is 10.6 Å². The molecular weight excluding hydrogens is 204 g/mol. The highest BCUT2D eigenvalue weighted by Gasteiger charge is 2.30. The highest BCUT2D eigenvalue weighted by atomic mass is 16.5. The summed E-state index contributed by atoms with van der Waals surface area (Å²) in [5, 5.41) is 6.42. The van der Waals surface area contributed by atoms with E-state index in [-0.39, 0.29) is 5.91 Å². The molecule has 2 N–H and O–H groups in total. The highest BCUT2D eigenvalue weighted by molar-refractivity contribution is 5.76. The van der Waals surface area contributed by atoms with Gasteiger partial charge in [0, 0.05) is 19.6 Å². The maximum absolute atomic E-state index is 11.7. The van der Waals surface area contributed by atoms with Gasteiger partial charge in [-0.2, -0.15) is 0 Å². The Morgan fingerprint density at radius 3 is 2.94 bits per heavy atom. The van der Waals surface area contributed by atoms with Crippen LogP contribution in [0.2, 0.25) is 0 Å². The van der Waals surface area contributed by atoms with Crippen molar-refractivity contribution in [2.75, 3.05) is 20.2 Å². The molecule has 0 aromatic carbocycles. The van der Waals surface area contributed by atoms with Crippen LogP contribution in [0, 0.1) is 5.92 Å². The number of hydrogen-bond acceptors (Lipinski definition) is 3. The SMILES string of the molecule is COC1CC(NC(=O)CC2CCCNC2)C1. The first kappa shape index (κ1) is 11.9. The van der Waals surface area contributed by atoms with Crippen LogP contribution in [0.5, 0.6) is 0 Å². The Bertz CT molecular complexity index is 233. The molecule has 1 unspecified atom stereocenters. The van der Waals surface area contributed by atoms with Gasteiger partial charge >= 0.3 is 0 Å². The van der Waals surface area contributed by atoms with Gasteiger partial charge in [0.25, 0.3) is 0 Å². The fourth-order valence-corrected chi connectivity index (χ4v) is 2.52. The van der Waals surface area contributed by atoms with Crippen LogP contribution in [-0.2, 0) is 9.53 Å². The molecule has 1 aliphatic heterocycles.